The van der Waals surface area contributed by atoms with Gasteiger partial charge in [-0.05, 0) is 115 Å². The second-order valence-corrected chi connectivity index (χ2v) is 15.0. The van der Waals surface area contributed by atoms with Gasteiger partial charge in [0.05, 0.1) is 5.69 Å². The standard InChI is InChI=1S/C51H35NO/c1-51(2)45-29-36-15-6-5-14-35(36)28-44(45)41-24-22-38(30-46(41)51)52(39-23-25-43-42-17-9-10-18-48(42)53-49(43)31-39)47-26-21-33-12-7-8-16-40(33)50(47)37-20-19-32-11-3-4-13-34(32)27-37/h3-31H,1-2H3. The first-order valence-electron chi connectivity index (χ1n) is 18.4. The van der Waals surface area contributed by atoms with Crippen LogP contribution in [0.25, 0.3) is 76.5 Å². The maximum absolute atomic E-state index is 6.51. The van der Waals surface area contributed by atoms with Crippen LogP contribution in [-0.2, 0) is 5.41 Å². The summed E-state index contributed by atoms with van der Waals surface area (Å²) in [7, 11) is 0. The topological polar surface area (TPSA) is 16.4 Å². The number of anilines is 3. The van der Waals surface area contributed by atoms with Gasteiger partial charge in [0.1, 0.15) is 11.2 Å². The number of hydrogen-bond donors (Lipinski definition) is 0. The molecule has 0 N–H and O–H groups in total. The van der Waals surface area contributed by atoms with E-state index in [2.05, 4.69) is 189 Å². The van der Waals surface area contributed by atoms with Crippen molar-refractivity contribution < 1.29 is 4.42 Å². The molecule has 0 unspecified atom stereocenters. The summed E-state index contributed by atoms with van der Waals surface area (Å²) >= 11 is 0. The number of benzene rings is 9. The minimum absolute atomic E-state index is 0.177. The van der Waals surface area contributed by atoms with Crippen LogP contribution in [0.4, 0.5) is 17.1 Å². The van der Waals surface area contributed by atoms with Crippen molar-refractivity contribution in [1.82, 2.24) is 0 Å². The Hall–Kier alpha value is -6.64. The molecule has 0 fully saturated rings. The molecule has 10 aromatic rings. The second-order valence-electron chi connectivity index (χ2n) is 15.0. The molecule has 0 aliphatic heterocycles. The highest BCUT2D eigenvalue weighted by molar-refractivity contribution is 6.09. The molecular weight excluding hydrogens is 643 g/mol. The van der Waals surface area contributed by atoms with E-state index in [1.807, 2.05) is 6.07 Å². The predicted octanol–water partition coefficient (Wildman–Crippen LogP) is 14.5. The van der Waals surface area contributed by atoms with Crippen LogP contribution in [-0.4, -0.2) is 0 Å². The lowest BCUT2D eigenvalue weighted by molar-refractivity contribution is 0.661. The van der Waals surface area contributed by atoms with E-state index in [0.29, 0.717) is 0 Å². The molecule has 2 nitrogen and oxygen atoms in total. The predicted molar refractivity (Wildman–Crippen MR) is 224 cm³/mol. The zero-order valence-electron chi connectivity index (χ0n) is 29.6. The first kappa shape index (κ1) is 30.0. The molecule has 1 aliphatic rings. The summed E-state index contributed by atoms with van der Waals surface area (Å²) in [6.07, 6.45) is 0. The molecule has 250 valence electrons. The number of rotatable bonds is 4. The molecule has 0 spiro atoms. The third-order valence-corrected chi connectivity index (χ3v) is 11.6. The fourth-order valence-electron chi connectivity index (χ4n) is 8.92. The third-order valence-electron chi connectivity index (χ3n) is 11.6. The lowest BCUT2D eigenvalue weighted by Crippen LogP contribution is -2.17. The summed E-state index contributed by atoms with van der Waals surface area (Å²) in [5.74, 6) is 0. The molecule has 0 radical (unpaired) electrons. The van der Waals surface area contributed by atoms with E-state index in [9.17, 15) is 0 Å². The molecule has 53 heavy (non-hydrogen) atoms. The van der Waals surface area contributed by atoms with Crippen molar-refractivity contribution in [2.75, 3.05) is 4.90 Å². The van der Waals surface area contributed by atoms with Gasteiger partial charge in [0, 0.05) is 39.2 Å². The summed E-state index contributed by atoms with van der Waals surface area (Å²) in [6, 6.07) is 64.4. The van der Waals surface area contributed by atoms with Crippen LogP contribution < -0.4 is 4.90 Å². The van der Waals surface area contributed by atoms with Crippen molar-refractivity contribution in [1.29, 1.82) is 0 Å². The Kier molecular flexibility index (Phi) is 6.33. The first-order chi connectivity index (χ1) is 26.0. The van der Waals surface area contributed by atoms with Crippen molar-refractivity contribution in [3.8, 4) is 22.3 Å². The molecular formula is C51H35NO. The molecule has 0 atom stereocenters. The van der Waals surface area contributed by atoms with E-state index >= 15 is 0 Å². The zero-order chi connectivity index (χ0) is 35.3. The quantitative estimate of drug-likeness (QED) is 0.184. The lowest BCUT2D eigenvalue weighted by atomic mass is 9.81. The van der Waals surface area contributed by atoms with E-state index in [1.165, 1.54) is 65.7 Å². The second kappa shape index (κ2) is 11.2. The SMILES string of the molecule is CC1(C)c2cc(N(c3ccc4c(c3)oc3ccccc34)c3ccc4ccccc4c3-c3ccc4ccccc4c3)ccc2-c2cc3ccccc3cc21. The highest BCUT2D eigenvalue weighted by Crippen LogP contribution is 2.53. The summed E-state index contributed by atoms with van der Waals surface area (Å²) < 4.78 is 6.51. The van der Waals surface area contributed by atoms with Gasteiger partial charge in [-0.3, -0.25) is 0 Å². The van der Waals surface area contributed by atoms with Gasteiger partial charge in [-0.1, -0.05) is 129 Å². The Morgan fingerprint density at radius 3 is 1.85 bits per heavy atom. The Morgan fingerprint density at radius 2 is 1.02 bits per heavy atom. The number of nitrogens with zero attached hydrogens (tertiary/aromatic N) is 1. The van der Waals surface area contributed by atoms with Gasteiger partial charge >= 0.3 is 0 Å². The number of fused-ring (bicyclic) bond motifs is 9. The van der Waals surface area contributed by atoms with Crippen molar-refractivity contribution in [2.24, 2.45) is 0 Å². The lowest BCUT2D eigenvalue weighted by Gasteiger charge is -2.30. The summed E-state index contributed by atoms with van der Waals surface area (Å²) in [4.78, 5) is 2.44. The van der Waals surface area contributed by atoms with E-state index in [0.717, 1.165) is 39.0 Å². The highest BCUT2D eigenvalue weighted by Gasteiger charge is 2.36. The average molecular weight is 678 g/mol. The number of furan rings is 1. The molecule has 2 heteroatoms. The van der Waals surface area contributed by atoms with Crippen molar-refractivity contribution in [2.45, 2.75) is 19.3 Å². The van der Waals surface area contributed by atoms with Crippen LogP contribution in [0.15, 0.2) is 180 Å². The molecule has 1 aliphatic carbocycles. The van der Waals surface area contributed by atoms with Gasteiger partial charge in [-0.15, -0.1) is 0 Å². The van der Waals surface area contributed by atoms with Gasteiger partial charge < -0.3 is 9.32 Å². The van der Waals surface area contributed by atoms with Crippen LogP contribution in [0.3, 0.4) is 0 Å². The van der Waals surface area contributed by atoms with E-state index in [1.54, 1.807) is 0 Å². The minimum Gasteiger partial charge on any atom is -0.456 e. The Bertz CT molecular complexity index is 3110. The average Bonchev–Trinajstić information content (AvgIpc) is 3.67. The monoisotopic (exact) mass is 677 g/mol. The molecule has 0 saturated carbocycles. The van der Waals surface area contributed by atoms with Crippen LogP contribution in [0, 0.1) is 0 Å². The largest absolute Gasteiger partial charge is 0.456 e. The van der Waals surface area contributed by atoms with E-state index in [-0.39, 0.29) is 5.41 Å². The number of hydrogen-bond acceptors (Lipinski definition) is 2. The smallest absolute Gasteiger partial charge is 0.137 e. The fraction of sp³-hybridized carbons (Fsp3) is 0.0588. The first-order valence-corrected chi connectivity index (χ1v) is 18.4. The molecule has 11 rings (SSSR count). The van der Waals surface area contributed by atoms with E-state index in [4.69, 9.17) is 4.42 Å². The highest BCUT2D eigenvalue weighted by atomic mass is 16.3. The van der Waals surface area contributed by atoms with Crippen LogP contribution in [0.1, 0.15) is 25.0 Å². The Balaban J connectivity index is 1.19. The molecule has 0 saturated heterocycles. The minimum atomic E-state index is -0.177. The van der Waals surface area contributed by atoms with Gasteiger partial charge in [-0.2, -0.15) is 0 Å². The maximum Gasteiger partial charge on any atom is 0.137 e. The van der Waals surface area contributed by atoms with Gasteiger partial charge in [0.25, 0.3) is 0 Å². The van der Waals surface area contributed by atoms with Gasteiger partial charge in [0.15, 0.2) is 0 Å². The summed E-state index contributed by atoms with van der Waals surface area (Å²) in [5.41, 5.74) is 12.6. The van der Waals surface area contributed by atoms with Crippen LogP contribution in [0.5, 0.6) is 0 Å². The third kappa shape index (κ3) is 4.52. The van der Waals surface area contributed by atoms with Gasteiger partial charge in [0.2, 0.25) is 0 Å². The van der Waals surface area contributed by atoms with Crippen molar-refractivity contribution in [3.63, 3.8) is 0 Å². The Labute approximate surface area is 308 Å². The Morgan fingerprint density at radius 1 is 0.415 bits per heavy atom. The van der Waals surface area contributed by atoms with Crippen molar-refractivity contribution in [3.05, 3.63) is 187 Å². The van der Waals surface area contributed by atoms with Crippen LogP contribution in [0.2, 0.25) is 0 Å². The summed E-state index contributed by atoms with van der Waals surface area (Å²) in [6.45, 7) is 4.75. The van der Waals surface area contributed by atoms with Crippen LogP contribution >= 0.6 is 0 Å². The molecule has 9 aromatic carbocycles. The number of para-hydroxylation sites is 1. The molecule has 1 aromatic heterocycles. The summed E-state index contributed by atoms with van der Waals surface area (Å²) in [5, 5.41) is 9.70. The zero-order valence-corrected chi connectivity index (χ0v) is 29.6. The molecule has 0 bridgehead atoms. The normalized spacial score (nSPS) is 13.2. The molecule has 0 amide bonds. The van der Waals surface area contributed by atoms with E-state index < -0.39 is 0 Å². The van der Waals surface area contributed by atoms with Crippen molar-refractivity contribution >= 4 is 71.3 Å². The molecule has 1 heterocycles. The maximum atomic E-state index is 6.51. The fourth-order valence-corrected chi connectivity index (χ4v) is 8.92. The van der Waals surface area contributed by atoms with Gasteiger partial charge in [-0.25, -0.2) is 0 Å².